The SMILES string of the molecule is CC(=O)Nc1ccc(S(=O)(=O)CCC(=O)N2c3ccccc3CC2C)cc1. The van der Waals surface area contributed by atoms with E-state index in [4.69, 9.17) is 0 Å². The van der Waals surface area contributed by atoms with Crippen LogP contribution in [0.3, 0.4) is 0 Å². The average molecular weight is 386 g/mol. The lowest BCUT2D eigenvalue weighted by Crippen LogP contribution is -2.36. The number of carbonyl (C=O) groups excluding carboxylic acids is 2. The number of fused-ring (bicyclic) bond motifs is 1. The third-order valence-corrected chi connectivity index (χ3v) is 6.33. The normalized spacial score (nSPS) is 16.1. The summed E-state index contributed by atoms with van der Waals surface area (Å²) < 4.78 is 25.1. The topological polar surface area (TPSA) is 83.5 Å². The van der Waals surface area contributed by atoms with Crippen LogP contribution in [-0.4, -0.2) is 32.0 Å². The highest BCUT2D eigenvalue weighted by Crippen LogP contribution is 2.32. The molecule has 1 unspecified atom stereocenters. The molecule has 142 valence electrons. The third-order valence-electron chi connectivity index (χ3n) is 4.59. The number of hydrogen-bond donors (Lipinski definition) is 1. The monoisotopic (exact) mass is 386 g/mol. The maximum Gasteiger partial charge on any atom is 0.228 e. The smallest absolute Gasteiger partial charge is 0.228 e. The molecule has 0 aliphatic carbocycles. The number of hydrogen-bond acceptors (Lipinski definition) is 4. The summed E-state index contributed by atoms with van der Waals surface area (Å²) in [6, 6.07) is 13.7. The molecule has 3 rings (SSSR count). The third kappa shape index (κ3) is 4.19. The van der Waals surface area contributed by atoms with Crippen LogP contribution < -0.4 is 10.2 Å². The van der Waals surface area contributed by atoms with E-state index in [9.17, 15) is 18.0 Å². The Bertz CT molecular complexity index is 968. The van der Waals surface area contributed by atoms with E-state index in [-0.39, 0.29) is 34.9 Å². The van der Waals surface area contributed by atoms with Crippen LogP contribution in [0.15, 0.2) is 53.4 Å². The summed E-state index contributed by atoms with van der Waals surface area (Å²) in [5.41, 5.74) is 2.50. The number of rotatable bonds is 5. The highest BCUT2D eigenvalue weighted by molar-refractivity contribution is 7.91. The Hall–Kier alpha value is -2.67. The van der Waals surface area contributed by atoms with Crippen molar-refractivity contribution >= 4 is 33.0 Å². The van der Waals surface area contributed by atoms with Crippen molar-refractivity contribution in [2.45, 2.75) is 37.6 Å². The lowest BCUT2D eigenvalue weighted by Gasteiger charge is -2.22. The highest BCUT2D eigenvalue weighted by atomic mass is 32.2. The van der Waals surface area contributed by atoms with E-state index in [2.05, 4.69) is 5.32 Å². The molecule has 0 radical (unpaired) electrons. The largest absolute Gasteiger partial charge is 0.326 e. The molecule has 27 heavy (non-hydrogen) atoms. The van der Waals surface area contributed by atoms with E-state index in [1.807, 2.05) is 31.2 Å². The van der Waals surface area contributed by atoms with Crippen LogP contribution >= 0.6 is 0 Å². The second kappa shape index (κ2) is 7.52. The zero-order valence-electron chi connectivity index (χ0n) is 15.3. The van der Waals surface area contributed by atoms with E-state index >= 15 is 0 Å². The Morgan fingerprint density at radius 3 is 2.44 bits per heavy atom. The number of para-hydroxylation sites is 1. The first-order valence-electron chi connectivity index (χ1n) is 8.78. The molecule has 7 heteroatoms. The van der Waals surface area contributed by atoms with E-state index in [0.717, 1.165) is 17.7 Å². The Morgan fingerprint density at radius 2 is 1.78 bits per heavy atom. The van der Waals surface area contributed by atoms with E-state index < -0.39 is 9.84 Å². The minimum Gasteiger partial charge on any atom is -0.326 e. The van der Waals surface area contributed by atoms with Gasteiger partial charge in [0.2, 0.25) is 11.8 Å². The molecule has 2 aromatic carbocycles. The van der Waals surface area contributed by atoms with Crippen LogP contribution in [-0.2, 0) is 25.8 Å². The number of nitrogens with zero attached hydrogens (tertiary/aromatic N) is 1. The van der Waals surface area contributed by atoms with Gasteiger partial charge in [-0.05, 0) is 49.2 Å². The van der Waals surface area contributed by atoms with Crippen LogP contribution in [0.25, 0.3) is 0 Å². The molecule has 1 atom stereocenters. The van der Waals surface area contributed by atoms with Gasteiger partial charge in [-0.2, -0.15) is 0 Å². The minimum atomic E-state index is -3.59. The fraction of sp³-hybridized carbons (Fsp3) is 0.300. The maximum absolute atomic E-state index is 12.7. The Labute approximate surface area is 159 Å². The number of amides is 2. The van der Waals surface area contributed by atoms with Crippen molar-refractivity contribution in [1.82, 2.24) is 0 Å². The zero-order valence-corrected chi connectivity index (χ0v) is 16.1. The van der Waals surface area contributed by atoms with E-state index in [1.54, 1.807) is 4.90 Å². The summed E-state index contributed by atoms with van der Waals surface area (Å²) in [5, 5.41) is 2.59. The summed E-state index contributed by atoms with van der Waals surface area (Å²) in [5.74, 6) is -0.668. The summed E-state index contributed by atoms with van der Waals surface area (Å²) in [7, 11) is -3.59. The van der Waals surface area contributed by atoms with Crippen LogP contribution in [0.5, 0.6) is 0 Å². The summed E-state index contributed by atoms with van der Waals surface area (Å²) in [6.07, 6.45) is 0.702. The minimum absolute atomic E-state index is 0.0227. The quantitative estimate of drug-likeness (QED) is 0.856. The van der Waals surface area contributed by atoms with Crippen molar-refractivity contribution in [3.05, 3.63) is 54.1 Å². The first-order valence-corrected chi connectivity index (χ1v) is 10.4. The lowest BCUT2D eigenvalue weighted by molar-refractivity contribution is -0.118. The molecule has 1 heterocycles. The van der Waals surface area contributed by atoms with Crippen LogP contribution in [0, 0.1) is 0 Å². The van der Waals surface area contributed by atoms with Gasteiger partial charge in [0.15, 0.2) is 9.84 Å². The number of anilines is 2. The van der Waals surface area contributed by atoms with E-state index in [0.29, 0.717) is 5.69 Å². The van der Waals surface area contributed by atoms with Gasteiger partial charge in [0.1, 0.15) is 0 Å². The molecule has 1 aliphatic rings. The van der Waals surface area contributed by atoms with Gasteiger partial charge in [-0.1, -0.05) is 18.2 Å². The van der Waals surface area contributed by atoms with Gasteiger partial charge in [-0.3, -0.25) is 9.59 Å². The van der Waals surface area contributed by atoms with Crippen molar-refractivity contribution in [3.8, 4) is 0 Å². The number of sulfone groups is 1. The van der Waals surface area contributed by atoms with Crippen molar-refractivity contribution in [2.75, 3.05) is 16.0 Å². The first-order chi connectivity index (χ1) is 12.8. The van der Waals surface area contributed by atoms with Crippen molar-refractivity contribution in [2.24, 2.45) is 0 Å². The standard InChI is InChI=1S/C20H22N2O4S/c1-14-13-16-5-3-4-6-19(16)22(14)20(24)11-12-27(25,26)18-9-7-17(8-10-18)21-15(2)23/h3-10,14H,11-13H2,1-2H3,(H,21,23). The molecule has 0 bridgehead atoms. The molecule has 2 amide bonds. The fourth-order valence-corrected chi connectivity index (χ4v) is 4.58. The molecule has 2 aromatic rings. The zero-order chi connectivity index (χ0) is 19.6. The van der Waals surface area contributed by atoms with Crippen molar-refractivity contribution in [1.29, 1.82) is 0 Å². The van der Waals surface area contributed by atoms with E-state index in [1.165, 1.54) is 31.2 Å². The molecule has 0 saturated heterocycles. The van der Waals surface area contributed by atoms with Crippen LogP contribution in [0.1, 0.15) is 25.8 Å². The number of carbonyl (C=O) groups is 2. The fourth-order valence-electron chi connectivity index (χ4n) is 3.35. The van der Waals surface area contributed by atoms with Crippen molar-refractivity contribution in [3.63, 3.8) is 0 Å². The summed E-state index contributed by atoms with van der Waals surface area (Å²) in [6.45, 7) is 3.35. The Morgan fingerprint density at radius 1 is 1.11 bits per heavy atom. The second-order valence-electron chi connectivity index (χ2n) is 6.72. The Balaban J connectivity index is 1.68. The van der Waals surface area contributed by atoms with Gasteiger partial charge in [0.05, 0.1) is 10.6 Å². The second-order valence-corrected chi connectivity index (χ2v) is 8.83. The van der Waals surface area contributed by atoms with Gasteiger partial charge >= 0.3 is 0 Å². The van der Waals surface area contributed by atoms with Crippen LogP contribution in [0.2, 0.25) is 0 Å². The summed E-state index contributed by atoms with van der Waals surface area (Å²) in [4.78, 5) is 25.6. The van der Waals surface area contributed by atoms with Gasteiger partial charge in [-0.15, -0.1) is 0 Å². The maximum atomic E-state index is 12.7. The molecule has 1 aliphatic heterocycles. The molecule has 0 fully saturated rings. The first kappa shape index (κ1) is 19.1. The number of nitrogens with one attached hydrogen (secondary N) is 1. The molecule has 6 nitrogen and oxygen atoms in total. The molecule has 0 spiro atoms. The molecule has 0 saturated carbocycles. The Kier molecular flexibility index (Phi) is 5.32. The molecular weight excluding hydrogens is 364 g/mol. The van der Waals surface area contributed by atoms with Gasteiger partial charge in [0.25, 0.3) is 0 Å². The summed E-state index contributed by atoms with van der Waals surface area (Å²) >= 11 is 0. The predicted octanol–water partition coefficient (Wildman–Crippen LogP) is 2.79. The molecular formula is C20H22N2O4S. The lowest BCUT2D eigenvalue weighted by atomic mass is 10.1. The predicted molar refractivity (Wildman–Crippen MR) is 105 cm³/mol. The molecule has 0 aromatic heterocycles. The average Bonchev–Trinajstić information content (AvgIpc) is 2.95. The van der Waals surface area contributed by atoms with Crippen LogP contribution in [0.4, 0.5) is 11.4 Å². The van der Waals surface area contributed by atoms with Crippen molar-refractivity contribution < 1.29 is 18.0 Å². The van der Waals surface area contributed by atoms with Gasteiger partial charge in [0, 0.05) is 30.8 Å². The van der Waals surface area contributed by atoms with Gasteiger partial charge < -0.3 is 10.2 Å². The highest BCUT2D eigenvalue weighted by Gasteiger charge is 2.31. The number of benzene rings is 2. The molecule has 1 N–H and O–H groups in total. The van der Waals surface area contributed by atoms with Gasteiger partial charge in [-0.25, -0.2) is 8.42 Å².